The second-order valence-corrected chi connectivity index (χ2v) is 17.3. The summed E-state index contributed by atoms with van der Waals surface area (Å²) < 4.78 is 0. The molecule has 13 heteroatoms. The van der Waals surface area contributed by atoms with Crippen molar-refractivity contribution in [3.63, 3.8) is 0 Å². The van der Waals surface area contributed by atoms with E-state index in [9.17, 15) is 39.6 Å². The number of aromatic carboxylic acids is 2. The van der Waals surface area contributed by atoms with Crippen molar-refractivity contribution in [1.82, 2.24) is 0 Å². The summed E-state index contributed by atoms with van der Waals surface area (Å²) in [5.41, 5.74) is 3.55. The molecule has 266 valence electrons. The Morgan fingerprint density at radius 1 is 0.415 bits per heavy atom. The first kappa shape index (κ1) is 36.2. The number of aliphatic carboxylic acids is 2. The second kappa shape index (κ2) is 15.4. The number of thiophene rings is 5. The second-order valence-electron chi connectivity index (χ2n) is 11.9. The van der Waals surface area contributed by atoms with Crippen LogP contribution in [0.3, 0.4) is 0 Å². The van der Waals surface area contributed by atoms with E-state index in [0.717, 1.165) is 59.9 Å². The molecule has 8 nitrogen and oxygen atoms in total. The Hall–Kier alpha value is -5.18. The first-order valence-corrected chi connectivity index (χ1v) is 20.3. The Morgan fingerprint density at radius 2 is 0.774 bits per heavy atom. The number of carboxylic acids is 4. The van der Waals surface area contributed by atoms with Gasteiger partial charge in [0.15, 0.2) is 0 Å². The highest BCUT2D eigenvalue weighted by atomic mass is 32.1. The molecule has 53 heavy (non-hydrogen) atoms. The maximum Gasteiger partial charge on any atom is 0.336 e. The van der Waals surface area contributed by atoms with Gasteiger partial charge in [-0.15, -0.1) is 56.7 Å². The molecule has 7 rings (SSSR count). The number of carbonyl (C=O) groups is 4. The van der Waals surface area contributed by atoms with E-state index < -0.39 is 23.9 Å². The third kappa shape index (κ3) is 7.80. The van der Waals surface area contributed by atoms with Gasteiger partial charge in [0.25, 0.3) is 0 Å². The summed E-state index contributed by atoms with van der Waals surface area (Å²) in [5, 5.41) is 38.5. The summed E-state index contributed by atoms with van der Waals surface area (Å²) in [6.45, 7) is 0. The molecule has 2 aromatic carbocycles. The molecule has 0 amide bonds. The fraction of sp³-hybridized carbons (Fsp3) is 0.100. The zero-order valence-electron chi connectivity index (χ0n) is 27.5. The van der Waals surface area contributed by atoms with Crippen molar-refractivity contribution in [1.29, 1.82) is 0 Å². The number of hydrogen-bond acceptors (Lipinski definition) is 9. The van der Waals surface area contributed by atoms with Gasteiger partial charge in [0.1, 0.15) is 0 Å². The van der Waals surface area contributed by atoms with Crippen LogP contribution in [0.1, 0.15) is 44.7 Å². The van der Waals surface area contributed by atoms with Gasteiger partial charge in [-0.3, -0.25) is 9.59 Å². The third-order valence-electron chi connectivity index (χ3n) is 8.43. The van der Waals surface area contributed by atoms with E-state index in [1.807, 2.05) is 60.7 Å². The molecule has 4 N–H and O–H groups in total. The van der Waals surface area contributed by atoms with E-state index in [1.54, 1.807) is 70.4 Å². The zero-order chi connectivity index (χ0) is 37.2. The highest BCUT2D eigenvalue weighted by molar-refractivity contribution is 7.30. The van der Waals surface area contributed by atoms with Crippen molar-refractivity contribution < 1.29 is 39.6 Å². The predicted molar refractivity (Wildman–Crippen MR) is 214 cm³/mol. The minimum absolute atomic E-state index is 0.0313. The number of aryl methyl sites for hydroxylation is 2. The van der Waals surface area contributed by atoms with Crippen LogP contribution in [0.2, 0.25) is 0 Å². The zero-order valence-corrected chi connectivity index (χ0v) is 31.6. The quantitative estimate of drug-likeness (QED) is 0.0850. The molecule has 0 bridgehead atoms. The maximum atomic E-state index is 11.9. The predicted octanol–water partition coefficient (Wildman–Crippen LogP) is 11.4. The van der Waals surface area contributed by atoms with Gasteiger partial charge >= 0.3 is 23.9 Å². The van der Waals surface area contributed by atoms with Crippen LogP contribution in [0.15, 0.2) is 97.1 Å². The molecule has 0 aliphatic heterocycles. The molecule has 5 aromatic heterocycles. The molecule has 0 unspecified atom stereocenters. The lowest BCUT2D eigenvalue weighted by Gasteiger charge is -2.02. The van der Waals surface area contributed by atoms with Crippen molar-refractivity contribution in [2.24, 2.45) is 0 Å². The lowest BCUT2D eigenvalue weighted by atomic mass is 10.1. The molecule has 0 atom stereocenters. The molecular weight excluding hydrogens is 769 g/mol. The Kier molecular flexibility index (Phi) is 10.5. The van der Waals surface area contributed by atoms with Gasteiger partial charge in [0.05, 0.1) is 11.1 Å². The van der Waals surface area contributed by atoms with Gasteiger partial charge in [-0.25, -0.2) is 9.59 Å². The standard InChI is InChI=1S/C40H28O8S5/c41-35(42)17-9-21-19-33(29-13-11-27(49-29)23-5-1-3-7-25(23)39(45)46)52-37(21)31-15-16-32(51-31)38-22(10-18-36(43)44)20-34(53-38)30-14-12-28(50-30)24-6-2-4-8-26(24)40(47)48/h1-8,11-16,19-20H,9-10,17-18H2,(H,41,42)(H,43,44)(H,45,46)(H,47,48). The maximum absolute atomic E-state index is 11.9. The Morgan fingerprint density at radius 3 is 1.17 bits per heavy atom. The van der Waals surface area contributed by atoms with Crippen LogP contribution < -0.4 is 0 Å². The van der Waals surface area contributed by atoms with Crippen molar-refractivity contribution in [2.75, 3.05) is 0 Å². The Labute approximate surface area is 323 Å². The monoisotopic (exact) mass is 796 g/mol. The molecular formula is C40H28O8S5. The average molecular weight is 797 g/mol. The first-order valence-electron chi connectivity index (χ1n) is 16.2. The smallest absolute Gasteiger partial charge is 0.336 e. The van der Waals surface area contributed by atoms with Crippen LogP contribution >= 0.6 is 56.7 Å². The molecule has 0 saturated heterocycles. The molecule has 0 spiro atoms. The summed E-state index contributed by atoms with van der Waals surface area (Å²) >= 11 is 7.68. The Balaban J connectivity index is 1.24. The van der Waals surface area contributed by atoms with Gasteiger partial charge in [-0.1, -0.05) is 36.4 Å². The number of benzene rings is 2. The topological polar surface area (TPSA) is 149 Å². The highest BCUT2D eigenvalue weighted by Gasteiger charge is 2.22. The van der Waals surface area contributed by atoms with E-state index in [1.165, 1.54) is 22.7 Å². The fourth-order valence-corrected chi connectivity index (χ4v) is 11.9. The normalized spacial score (nSPS) is 11.2. The molecule has 0 saturated carbocycles. The summed E-state index contributed by atoms with van der Waals surface area (Å²) in [6.07, 6.45) is 0.618. The summed E-state index contributed by atoms with van der Waals surface area (Å²) in [7, 11) is 0. The van der Waals surface area contributed by atoms with Crippen LogP contribution in [-0.4, -0.2) is 44.3 Å². The first-order chi connectivity index (χ1) is 25.5. The van der Waals surface area contributed by atoms with E-state index in [4.69, 9.17) is 0 Å². The molecule has 0 radical (unpaired) electrons. The Bertz CT molecular complexity index is 2340. The summed E-state index contributed by atoms with van der Waals surface area (Å²) in [6, 6.07) is 29.6. The molecule has 5 heterocycles. The molecule has 0 aliphatic carbocycles. The van der Waals surface area contributed by atoms with Gasteiger partial charge in [0.2, 0.25) is 0 Å². The largest absolute Gasteiger partial charge is 0.481 e. The summed E-state index contributed by atoms with van der Waals surface area (Å²) in [4.78, 5) is 56.3. The van der Waals surface area contributed by atoms with Crippen molar-refractivity contribution >= 4 is 80.6 Å². The van der Waals surface area contributed by atoms with Gasteiger partial charge in [-0.05, 0) is 84.6 Å². The van der Waals surface area contributed by atoms with E-state index in [0.29, 0.717) is 24.0 Å². The van der Waals surface area contributed by atoms with Gasteiger partial charge in [-0.2, -0.15) is 0 Å². The third-order valence-corrected chi connectivity index (χ3v) is 14.9. The number of hydrogen-bond donors (Lipinski definition) is 4. The molecule has 0 fully saturated rings. The van der Waals surface area contributed by atoms with Crippen LogP contribution in [0.4, 0.5) is 0 Å². The van der Waals surface area contributed by atoms with E-state index in [2.05, 4.69) is 0 Å². The van der Waals surface area contributed by atoms with Crippen molar-refractivity contribution in [3.05, 3.63) is 119 Å². The minimum Gasteiger partial charge on any atom is -0.481 e. The summed E-state index contributed by atoms with van der Waals surface area (Å²) in [5.74, 6) is -3.78. The van der Waals surface area contributed by atoms with Crippen LogP contribution in [0.5, 0.6) is 0 Å². The highest BCUT2D eigenvalue weighted by Crippen LogP contribution is 2.49. The lowest BCUT2D eigenvalue weighted by molar-refractivity contribution is -0.138. The lowest BCUT2D eigenvalue weighted by Crippen LogP contribution is -1.97. The average Bonchev–Trinajstić information content (AvgIpc) is 3.98. The van der Waals surface area contributed by atoms with Gasteiger partial charge < -0.3 is 20.4 Å². The minimum atomic E-state index is -0.996. The van der Waals surface area contributed by atoms with Crippen LogP contribution in [0.25, 0.3) is 59.9 Å². The SMILES string of the molecule is O=C(O)CCc1cc(-c2ccc(-c3ccccc3C(=O)O)s2)sc1-c1ccc(-c2sc(-c3ccc(-c4ccccc4C(=O)O)s3)cc2CCC(=O)O)s1. The van der Waals surface area contributed by atoms with Crippen LogP contribution in [-0.2, 0) is 22.4 Å². The molecule has 7 aromatic rings. The number of carboxylic acid groups (broad SMARTS) is 4. The van der Waals surface area contributed by atoms with Crippen LogP contribution in [0, 0.1) is 0 Å². The van der Waals surface area contributed by atoms with Crippen molar-refractivity contribution in [3.8, 4) is 59.9 Å². The van der Waals surface area contributed by atoms with Crippen molar-refractivity contribution in [2.45, 2.75) is 25.7 Å². The van der Waals surface area contributed by atoms with E-state index in [-0.39, 0.29) is 24.0 Å². The number of rotatable bonds is 14. The van der Waals surface area contributed by atoms with E-state index >= 15 is 0 Å². The van der Waals surface area contributed by atoms with Gasteiger partial charge in [0, 0.05) is 72.7 Å². The molecule has 0 aliphatic rings. The fourth-order valence-electron chi connectivity index (χ4n) is 5.95.